The van der Waals surface area contributed by atoms with Gasteiger partial charge in [0.15, 0.2) is 0 Å². The first-order chi connectivity index (χ1) is 14.6. The summed E-state index contributed by atoms with van der Waals surface area (Å²) in [5.74, 6) is -0.422. The lowest BCUT2D eigenvalue weighted by molar-refractivity contribution is -0.112. The van der Waals surface area contributed by atoms with Gasteiger partial charge in [-0.2, -0.15) is 5.26 Å². The molecule has 30 heavy (non-hydrogen) atoms. The molecule has 0 aliphatic carbocycles. The first-order valence-electron chi connectivity index (χ1n) is 10.00. The maximum atomic E-state index is 12.8. The second kappa shape index (κ2) is 10.1. The fourth-order valence-corrected chi connectivity index (χ4v) is 3.37. The summed E-state index contributed by atoms with van der Waals surface area (Å²) in [5, 5.41) is 15.8. The molecule has 0 aromatic heterocycles. The molecule has 150 valence electrons. The summed E-state index contributed by atoms with van der Waals surface area (Å²) in [6.07, 6.45) is 2.30. The summed E-state index contributed by atoms with van der Waals surface area (Å²) in [7, 11) is 0. The Labute approximate surface area is 177 Å². The average molecular weight is 396 g/mol. The van der Waals surface area contributed by atoms with Crippen LogP contribution in [0.2, 0.25) is 0 Å². The molecular formula is C26H25N3O. The van der Waals surface area contributed by atoms with Gasteiger partial charge in [0.1, 0.15) is 11.6 Å². The van der Waals surface area contributed by atoms with Gasteiger partial charge >= 0.3 is 0 Å². The SMILES string of the molecule is CCc1cccc(C)c1NC(=O)/C(C#N)=C\NC(c1ccccc1)c1ccccc1. The van der Waals surface area contributed by atoms with E-state index in [2.05, 4.69) is 10.6 Å². The maximum Gasteiger partial charge on any atom is 0.267 e. The van der Waals surface area contributed by atoms with Crippen LogP contribution in [0.4, 0.5) is 5.69 Å². The second-order valence-electron chi connectivity index (χ2n) is 7.01. The number of aryl methyl sites for hydroxylation is 2. The Hall–Kier alpha value is -3.84. The number of carbonyl (C=O) groups excluding carboxylic acids is 1. The lowest BCUT2D eigenvalue weighted by Gasteiger charge is -2.19. The molecule has 0 aliphatic heterocycles. The lowest BCUT2D eigenvalue weighted by Crippen LogP contribution is -2.21. The zero-order valence-electron chi connectivity index (χ0n) is 17.2. The minimum Gasteiger partial charge on any atom is -0.379 e. The Bertz CT molecular complexity index is 1030. The van der Waals surface area contributed by atoms with Gasteiger partial charge in [-0.3, -0.25) is 4.79 Å². The molecule has 0 spiro atoms. The first-order valence-corrected chi connectivity index (χ1v) is 10.00. The van der Waals surface area contributed by atoms with E-state index in [1.807, 2.05) is 98.8 Å². The molecule has 0 fully saturated rings. The van der Waals surface area contributed by atoms with E-state index >= 15 is 0 Å². The van der Waals surface area contributed by atoms with Crippen LogP contribution in [-0.2, 0) is 11.2 Å². The maximum absolute atomic E-state index is 12.8. The number of carbonyl (C=O) groups is 1. The molecule has 0 atom stereocenters. The van der Waals surface area contributed by atoms with Crippen LogP contribution in [0.15, 0.2) is 90.6 Å². The normalized spacial score (nSPS) is 11.1. The predicted molar refractivity (Wildman–Crippen MR) is 121 cm³/mol. The Morgan fingerprint density at radius 2 is 1.57 bits per heavy atom. The summed E-state index contributed by atoms with van der Waals surface area (Å²) < 4.78 is 0. The molecule has 3 aromatic carbocycles. The molecule has 1 amide bonds. The second-order valence-corrected chi connectivity index (χ2v) is 7.01. The largest absolute Gasteiger partial charge is 0.379 e. The van der Waals surface area contributed by atoms with Gasteiger partial charge in [0.2, 0.25) is 0 Å². The molecule has 0 saturated heterocycles. The summed E-state index contributed by atoms with van der Waals surface area (Å²) >= 11 is 0. The van der Waals surface area contributed by atoms with Gasteiger partial charge in [-0.15, -0.1) is 0 Å². The highest BCUT2D eigenvalue weighted by atomic mass is 16.1. The summed E-state index contributed by atoms with van der Waals surface area (Å²) in [4.78, 5) is 12.8. The molecule has 0 heterocycles. The predicted octanol–water partition coefficient (Wildman–Crippen LogP) is 5.28. The van der Waals surface area contributed by atoms with Crippen LogP contribution < -0.4 is 10.6 Å². The van der Waals surface area contributed by atoms with Gasteiger partial charge in [0.25, 0.3) is 5.91 Å². The van der Waals surface area contributed by atoms with E-state index in [4.69, 9.17) is 0 Å². The van der Waals surface area contributed by atoms with Gasteiger partial charge in [-0.05, 0) is 35.6 Å². The standard InChI is InChI=1S/C26H25N3O/c1-3-20-16-10-11-19(2)24(20)29-26(30)23(17-27)18-28-25(21-12-6-4-7-13-21)22-14-8-5-9-15-22/h4-16,18,25,28H,3H2,1-2H3,(H,29,30)/b23-18-. The fraction of sp³-hybridized carbons (Fsp3) is 0.154. The third kappa shape index (κ3) is 4.95. The number of amides is 1. The van der Waals surface area contributed by atoms with E-state index in [0.29, 0.717) is 0 Å². The van der Waals surface area contributed by atoms with Crippen molar-refractivity contribution in [3.8, 4) is 6.07 Å². The number of hydrogen-bond donors (Lipinski definition) is 2. The monoisotopic (exact) mass is 395 g/mol. The Balaban J connectivity index is 1.86. The van der Waals surface area contributed by atoms with Gasteiger partial charge in [0, 0.05) is 11.9 Å². The molecule has 3 rings (SSSR count). The summed E-state index contributed by atoms with van der Waals surface area (Å²) in [6, 6.07) is 27.6. The molecule has 0 saturated carbocycles. The molecule has 0 bridgehead atoms. The van der Waals surface area contributed by atoms with Crippen molar-refractivity contribution in [1.29, 1.82) is 5.26 Å². The minimum absolute atomic E-state index is 0.0252. The van der Waals surface area contributed by atoms with E-state index in [-0.39, 0.29) is 11.6 Å². The van der Waals surface area contributed by atoms with E-state index in [1.54, 1.807) is 0 Å². The molecular weight excluding hydrogens is 370 g/mol. The lowest BCUT2D eigenvalue weighted by atomic mass is 9.99. The highest BCUT2D eigenvalue weighted by Crippen LogP contribution is 2.23. The van der Waals surface area contributed by atoms with Gasteiger partial charge in [-0.1, -0.05) is 85.8 Å². The smallest absolute Gasteiger partial charge is 0.267 e. The zero-order chi connectivity index (χ0) is 21.3. The first kappa shape index (κ1) is 20.9. The quantitative estimate of drug-likeness (QED) is 0.422. The van der Waals surface area contributed by atoms with Crippen LogP contribution >= 0.6 is 0 Å². The van der Waals surface area contributed by atoms with Crippen LogP contribution in [0.25, 0.3) is 0 Å². The molecule has 2 N–H and O–H groups in total. The van der Waals surface area contributed by atoms with Crippen molar-refractivity contribution in [2.75, 3.05) is 5.32 Å². The number of anilines is 1. The molecule has 0 radical (unpaired) electrons. The highest BCUT2D eigenvalue weighted by molar-refractivity contribution is 6.07. The number of hydrogen-bond acceptors (Lipinski definition) is 3. The van der Waals surface area contributed by atoms with Crippen molar-refractivity contribution in [2.24, 2.45) is 0 Å². The Kier molecular flexibility index (Phi) is 7.02. The van der Waals surface area contributed by atoms with Gasteiger partial charge < -0.3 is 10.6 Å². The third-order valence-electron chi connectivity index (χ3n) is 5.00. The van der Waals surface area contributed by atoms with Crippen LogP contribution in [0.3, 0.4) is 0 Å². The van der Waals surface area contributed by atoms with E-state index in [0.717, 1.165) is 34.4 Å². The topological polar surface area (TPSA) is 64.9 Å². The number of nitriles is 1. The van der Waals surface area contributed by atoms with Crippen LogP contribution in [0.1, 0.15) is 35.2 Å². The molecule has 0 aliphatic rings. The zero-order valence-corrected chi connectivity index (χ0v) is 17.2. The van der Waals surface area contributed by atoms with Gasteiger partial charge in [-0.25, -0.2) is 0 Å². The number of rotatable bonds is 7. The van der Waals surface area contributed by atoms with Crippen molar-refractivity contribution in [1.82, 2.24) is 5.32 Å². The van der Waals surface area contributed by atoms with Crippen molar-refractivity contribution in [2.45, 2.75) is 26.3 Å². The van der Waals surface area contributed by atoms with E-state index in [1.165, 1.54) is 6.20 Å². The Morgan fingerprint density at radius 3 is 2.10 bits per heavy atom. The van der Waals surface area contributed by atoms with E-state index < -0.39 is 5.91 Å². The van der Waals surface area contributed by atoms with Crippen molar-refractivity contribution < 1.29 is 4.79 Å². The van der Waals surface area contributed by atoms with Crippen molar-refractivity contribution in [3.05, 3.63) is 113 Å². The third-order valence-corrected chi connectivity index (χ3v) is 5.00. The summed E-state index contributed by atoms with van der Waals surface area (Å²) in [6.45, 7) is 3.99. The van der Waals surface area contributed by atoms with Gasteiger partial charge in [0.05, 0.1) is 6.04 Å². The number of benzene rings is 3. The highest BCUT2D eigenvalue weighted by Gasteiger charge is 2.16. The van der Waals surface area contributed by atoms with Crippen molar-refractivity contribution >= 4 is 11.6 Å². The number of nitrogens with one attached hydrogen (secondary N) is 2. The van der Waals surface area contributed by atoms with Crippen LogP contribution in [0, 0.1) is 18.3 Å². The molecule has 3 aromatic rings. The molecule has 0 unspecified atom stereocenters. The summed E-state index contributed by atoms with van der Waals surface area (Å²) in [5.41, 5.74) is 4.90. The number of para-hydroxylation sites is 1. The van der Waals surface area contributed by atoms with Crippen molar-refractivity contribution in [3.63, 3.8) is 0 Å². The van der Waals surface area contributed by atoms with E-state index in [9.17, 15) is 10.1 Å². The van der Waals surface area contributed by atoms with Crippen LogP contribution in [-0.4, -0.2) is 5.91 Å². The minimum atomic E-state index is -0.422. The molecule has 4 nitrogen and oxygen atoms in total. The number of nitrogens with zero attached hydrogens (tertiary/aromatic N) is 1. The Morgan fingerprint density at radius 1 is 0.967 bits per heavy atom. The average Bonchev–Trinajstić information content (AvgIpc) is 2.79. The fourth-order valence-electron chi connectivity index (χ4n) is 3.37. The molecule has 4 heteroatoms. The van der Waals surface area contributed by atoms with Crippen LogP contribution in [0.5, 0.6) is 0 Å².